The lowest BCUT2D eigenvalue weighted by Crippen LogP contribution is -2.57. The lowest BCUT2D eigenvalue weighted by molar-refractivity contribution is -0.00286. The van der Waals surface area contributed by atoms with E-state index in [9.17, 15) is 23.5 Å². The largest absolute Gasteiger partial charge is 0.389 e. The third-order valence-electron chi connectivity index (χ3n) is 7.17. The van der Waals surface area contributed by atoms with Crippen molar-refractivity contribution >= 4 is 11.8 Å². The maximum atomic E-state index is 14.0. The van der Waals surface area contributed by atoms with E-state index in [1.54, 1.807) is 23.1 Å². The Bertz CT molecular complexity index is 1120. The van der Waals surface area contributed by atoms with Crippen molar-refractivity contribution in [2.45, 2.75) is 84.1 Å². The molecule has 4 atom stereocenters. The topological polar surface area (TPSA) is 90.9 Å². The van der Waals surface area contributed by atoms with Crippen LogP contribution in [0.1, 0.15) is 78.3 Å². The summed E-state index contributed by atoms with van der Waals surface area (Å²) in [5, 5.41) is 17.6. The highest BCUT2D eigenvalue weighted by molar-refractivity contribution is 6.00. The molecule has 0 aromatic heterocycles. The number of rotatable bonds is 13. The molecule has 2 amide bonds. The number of benzene rings is 2. The summed E-state index contributed by atoms with van der Waals surface area (Å²) in [7, 11) is 0. The molecule has 2 aromatic rings. The van der Waals surface area contributed by atoms with Crippen LogP contribution in [0.25, 0.3) is 0 Å². The number of carbonyl (C=O) groups is 2. The summed E-state index contributed by atoms with van der Waals surface area (Å²) in [5.41, 5.74) is 1.77. The van der Waals surface area contributed by atoms with Gasteiger partial charge < -0.3 is 25.4 Å². The van der Waals surface area contributed by atoms with Crippen LogP contribution < -0.4 is 10.6 Å². The molecule has 0 bridgehead atoms. The average molecular weight is 560 g/mol. The molecule has 1 aliphatic rings. The second-order valence-electron chi connectivity index (χ2n) is 10.6. The van der Waals surface area contributed by atoms with Gasteiger partial charge in [-0.05, 0) is 94.0 Å². The smallest absolute Gasteiger partial charge is 0.253 e. The number of amides is 2. The molecule has 0 spiro atoms. The first-order valence-corrected chi connectivity index (χ1v) is 14.3. The summed E-state index contributed by atoms with van der Waals surface area (Å²) in [6.07, 6.45) is 1.90. The summed E-state index contributed by atoms with van der Waals surface area (Å²) < 4.78 is 33.7. The zero-order valence-corrected chi connectivity index (χ0v) is 24.0. The van der Waals surface area contributed by atoms with Crippen molar-refractivity contribution in [2.24, 2.45) is 0 Å². The Balaban J connectivity index is 1.87. The van der Waals surface area contributed by atoms with E-state index >= 15 is 0 Å². The number of nitrogens with zero attached hydrogens (tertiary/aromatic N) is 1. The minimum Gasteiger partial charge on any atom is -0.389 e. The number of nitrogens with one attached hydrogen (secondary N) is 2. The number of aliphatic hydroxyl groups is 1. The average Bonchev–Trinajstić information content (AvgIpc) is 2.91. The standard InChI is InChI=1S/C31H43F2N3O4/c1-5-10-36(11-6-2)31(39)23-13-20(4)12-22(17-23)30(38)35-28(16-21-14-24(32)18-25(33)15-21)29(37)27-19-26(40-7-3)8-9-34-27/h12-15,17-18,26-29,34,37H,5-11,16,19H2,1-4H3,(H,35,38)/t26?,27?,28-,29+/m0/s1. The van der Waals surface area contributed by atoms with Gasteiger partial charge in [-0.1, -0.05) is 13.8 Å². The molecule has 1 aliphatic heterocycles. The fourth-order valence-corrected chi connectivity index (χ4v) is 5.41. The van der Waals surface area contributed by atoms with Crippen LogP contribution in [-0.2, 0) is 11.2 Å². The summed E-state index contributed by atoms with van der Waals surface area (Å²) in [4.78, 5) is 28.6. The Hall–Kier alpha value is -2.88. The number of aryl methyl sites for hydroxylation is 1. The second-order valence-corrected chi connectivity index (χ2v) is 10.6. The van der Waals surface area contributed by atoms with Gasteiger partial charge in [-0.2, -0.15) is 0 Å². The van der Waals surface area contributed by atoms with Crippen molar-refractivity contribution in [3.05, 3.63) is 70.3 Å². The maximum absolute atomic E-state index is 14.0. The van der Waals surface area contributed by atoms with E-state index in [-0.39, 0.29) is 30.0 Å². The molecule has 2 unspecified atom stereocenters. The van der Waals surface area contributed by atoms with Gasteiger partial charge in [-0.3, -0.25) is 9.59 Å². The Kier molecular flexibility index (Phi) is 12.0. The van der Waals surface area contributed by atoms with Crippen molar-refractivity contribution in [1.29, 1.82) is 0 Å². The van der Waals surface area contributed by atoms with Crippen molar-refractivity contribution < 1.29 is 28.2 Å². The number of carbonyl (C=O) groups excluding carboxylic acids is 2. The van der Waals surface area contributed by atoms with E-state index in [0.29, 0.717) is 43.8 Å². The van der Waals surface area contributed by atoms with E-state index in [4.69, 9.17) is 4.74 Å². The monoisotopic (exact) mass is 559 g/mol. The zero-order chi connectivity index (χ0) is 29.2. The molecular weight excluding hydrogens is 516 g/mol. The fraction of sp³-hybridized carbons (Fsp3) is 0.548. The van der Waals surface area contributed by atoms with E-state index < -0.39 is 29.7 Å². The van der Waals surface area contributed by atoms with E-state index in [2.05, 4.69) is 10.6 Å². The number of hydrogen-bond acceptors (Lipinski definition) is 5. The minimum absolute atomic E-state index is 0.0114. The van der Waals surface area contributed by atoms with Crippen LogP contribution in [0.5, 0.6) is 0 Å². The number of aliphatic hydroxyl groups excluding tert-OH is 1. The Labute approximate surface area is 236 Å². The predicted molar refractivity (Wildman–Crippen MR) is 151 cm³/mol. The van der Waals surface area contributed by atoms with Gasteiger partial charge in [0.15, 0.2) is 0 Å². The molecule has 2 aromatic carbocycles. The highest BCUT2D eigenvalue weighted by Crippen LogP contribution is 2.21. The molecule has 3 rings (SSSR count). The van der Waals surface area contributed by atoms with Crippen LogP contribution in [0, 0.1) is 18.6 Å². The molecule has 7 nitrogen and oxygen atoms in total. The Morgan fingerprint density at radius 3 is 2.33 bits per heavy atom. The van der Waals surface area contributed by atoms with Crippen molar-refractivity contribution in [1.82, 2.24) is 15.5 Å². The van der Waals surface area contributed by atoms with Gasteiger partial charge >= 0.3 is 0 Å². The van der Waals surface area contributed by atoms with Crippen molar-refractivity contribution in [2.75, 3.05) is 26.2 Å². The van der Waals surface area contributed by atoms with E-state index in [1.807, 2.05) is 27.7 Å². The second kappa shape index (κ2) is 15.2. The summed E-state index contributed by atoms with van der Waals surface area (Å²) in [6, 6.07) is 6.96. The van der Waals surface area contributed by atoms with Gasteiger partial charge in [-0.15, -0.1) is 0 Å². The molecular formula is C31H43F2N3O4. The summed E-state index contributed by atoms with van der Waals surface area (Å²) >= 11 is 0. The molecule has 0 aliphatic carbocycles. The number of ether oxygens (including phenoxy) is 1. The van der Waals surface area contributed by atoms with Crippen molar-refractivity contribution in [3.8, 4) is 0 Å². The molecule has 0 radical (unpaired) electrons. The third kappa shape index (κ3) is 8.81. The summed E-state index contributed by atoms with van der Waals surface area (Å²) in [5.74, 6) is -2.07. The lowest BCUT2D eigenvalue weighted by Gasteiger charge is -2.36. The van der Waals surface area contributed by atoms with Crippen LogP contribution in [0.3, 0.4) is 0 Å². The molecule has 40 heavy (non-hydrogen) atoms. The summed E-state index contributed by atoms with van der Waals surface area (Å²) in [6.45, 7) is 10.2. The predicted octanol–water partition coefficient (Wildman–Crippen LogP) is 4.39. The number of piperidine rings is 1. The van der Waals surface area contributed by atoms with Gasteiger partial charge in [0.25, 0.3) is 11.8 Å². The quantitative estimate of drug-likeness (QED) is 0.339. The van der Waals surface area contributed by atoms with Crippen LogP contribution in [0.4, 0.5) is 8.78 Å². The lowest BCUT2D eigenvalue weighted by atomic mass is 9.90. The van der Waals surface area contributed by atoms with Gasteiger partial charge in [-0.25, -0.2) is 8.78 Å². The molecule has 1 saturated heterocycles. The van der Waals surface area contributed by atoms with E-state index in [1.165, 1.54) is 12.1 Å². The molecule has 9 heteroatoms. The Morgan fingerprint density at radius 2 is 1.70 bits per heavy atom. The Morgan fingerprint density at radius 1 is 1.05 bits per heavy atom. The van der Waals surface area contributed by atoms with Crippen LogP contribution in [0.2, 0.25) is 0 Å². The van der Waals surface area contributed by atoms with E-state index in [0.717, 1.165) is 30.9 Å². The van der Waals surface area contributed by atoms with Crippen LogP contribution in [-0.4, -0.2) is 72.4 Å². The SMILES string of the molecule is CCCN(CCC)C(=O)c1cc(C)cc(C(=O)N[C@@H](Cc2cc(F)cc(F)c2)[C@H](O)C2CC(OCC)CCN2)c1. The molecule has 3 N–H and O–H groups in total. The highest BCUT2D eigenvalue weighted by Gasteiger charge is 2.34. The zero-order valence-electron chi connectivity index (χ0n) is 24.0. The molecule has 0 saturated carbocycles. The maximum Gasteiger partial charge on any atom is 0.253 e. The fourth-order valence-electron chi connectivity index (χ4n) is 5.41. The molecule has 1 fully saturated rings. The molecule has 220 valence electrons. The minimum atomic E-state index is -1.06. The van der Waals surface area contributed by atoms with Gasteiger partial charge in [0.1, 0.15) is 11.6 Å². The van der Waals surface area contributed by atoms with Gasteiger partial charge in [0.2, 0.25) is 0 Å². The van der Waals surface area contributed by atoms with Gasteiger partial charge in [0.05, 0.1) is 18.2 Å². The van der Waals surface area contributed by atoms with Gasteiger partial charge in [0, 0.05) is 42.9 Å². The third-order valence-corrected chi connectivity index (χ3v) is 7.17. The first-order valence-electron chi connectivity index (χ1n) is 14.3. The molecule has 1 heterocycles. The highest BCUT2D eigenvalue weighted by atomic mass is 19.1. The normalized spacial score (nSPS) is 18.7. The van der Waals surface area contributed by atoms with Crippen LogP contribution >= 0.6 is 0 Å². The first kappa shape index (κ1) is 31.6. The number of halogens is 2. The van der Waals surface area contributed by atoms with Crippen LogP contribution in [0.15, 0.2) is 36.4 Å². The van der Waals surface area contributed by atoms with Crippen molar-refractivity contribution in [3.63, 3.8) is 0 Å². The number of hydrogen-bond donors (Lipinski definition) is 3. The first-order chi connectivity index (χ1) is 19.1.